The lowest BCUT2D eigenvalue weighted by Crippen LogP contribution is -2.68. The number of hydrogen-bond acceptors (Lipinski definition) is 4. The van der Waals surface area contributed by atoms with Crippen LogP contribution in [0.25, 0.3) is 0 Å². The molecule has 0 saturated heterocycles. The first-order valence-electron chi connectivity index (χ1n) is 7.04. The van der Waals surface area contributed by atoms with E-state index in [9.17, 15) is 79.4 Å². The molecule has 0 unspecified atom stereocenters. The molecule has 0 aliphatic rings. The third-order valence-corrected chi connectivity index (χ3v) is 2.96. The first kappa shape index (κ1) is 30.9. The van der Waals surface area contributed by atoms with Crippen LogP contribution in [-0.4, -0.2) is 61.0 Å². The summed E-state index contributed by atoms with van der Waals surface area (Å²) in [6.45, 7) is 1.16. The Morgan fingerprint density at radius 2 is 1.06 bits per heavy atom. The van der Waals surface area contributed by atoms with E-state index in [1.165, 1.54) is 4.74 Å². The summed E-state index contributed by atoms with van der Waals surface area (Å²) in [6, 6.07) is 0. The average molecular weight is 536 g/mol. The Morgan fingerprint density at radius 1 is 0.636 bits per heavy atom. The monoisotopic (exact) mass is 536 g/mol. The lowest BCUT2D eigenvalue weighted by molar-refractivity contribution is -0.548. The minimum Gasteiger partial charge on any atom is -0.457 e. The SMILES string of the molecule is C=CCOC(=O)[C@](F)(OC(F)(F)[C@](F)(OC(F)(F)C(F)(F)C(F)(F)F)C(F)(F)F)C(F)(F)F. The summed E-state index contributed by atoms with van der Waals surface area (Å²) in [5.41, 5.74) is 0. The third-order valence-electron chi connectivity index (χ3n) is 2.96. The van der Waals surface area contributed by atoms with Gasteiger partial charge in [-0.1, -0.05) is 12.7 Å². The fourth-order valence-electron chi connectivity index (χ4n) is 1.37. The zero-order valence-electron chi connectivity index (χ0n) is 14.5. The van der Waals surface area contributed by atoms with E-state index in [0.717, 1.165) is 0 Å². The van der Waals surface area contributed by atoms with Crippen molar-refractivity contribution >= 4 is 5.97 Å². The number of alkyl halides is 17. The summed E-state index contributed by atoms with van der Waals surface area (Å²) in [4.78, 5) is 11.0. The average Bonchev–Trinajstić information content (AvgIpc) is 2.55. The molecule has 196 valence electrons. The van der Waals surface area contributed by atoms with E-state index in [4.69, 9.17) is 0 Å². The van der Waals surface area contributed by atoms with Gasteiger partial charge in [0.15, 0.2) is 0 Å². The molecule has 0 bridgehead atoms. The van der Waals surface area contributed by atoms with Gasteiger partial charge in [0.1, 0.15) is 6.61 Å². The zero-order chi connectivity index (χ0) is 27.1. The molecule has 0 N–H and O–H groups in total. The highest BCUT2D eigenvalue weighted by molar-refractivity contribution is 5.79. The third kappa shape index (κ3) is 5.54. The number of hydrogen-bond donors (Lipinski definition) is 0. The van der Waals surface area contributed by atoms with Crippen molar-refractivity contribution in [2.75, 3.05) is 6.61 Å². The molecular formula is C12H5F17O4. The van der Waals surface area contributed by atoms with E-state index in [0.29, 0.717) is 6.08 Å². The molecule has 0 aromatic rings. The van der Waals surface area contributed by atoms with Gasteiger partial charge in [0.05, 0.1) is 0 Å². The van der Waals surface area contributed by atoms with E-state index in [-0.39, 0.29) is 0 Å². The molecule has 0 aliphatic heterocycles. The molecule has 33 heavy (non-hydrogen) atoms. The van der Waals surface area contributed by atoms with E-state index in [2.05, 4.69) is 11.3 Å². The van der Waals surface area contributed by atoms with Gasteiger partial charge in [0, 0.05) is 0 Å². The van der Waals surface area contributed by atoms with Crippen molar-refractivity contribution in [2.45, 2.75) is 48.4 Å². The molecule has 21 heteroatoms. The van der Waals surface area contributed by atoms with Crippen LogP contribution in [0.2, 0.25) is 0 Å². The molecule has 0 aromatic carbocycles. The quantitative estimate of drug-likeness (QED) is 0.219. The van der Waals surface area contributed by atoms with E-state index in [1.54, 1.807) is 4.74 Å². The number of rotatable bonds is 9. The summed E-state index contributed by atoms with van der Waals surface area (Å²) < 4.78 is 224. The Bertz CT molecular complexity index is 723. The molecule has 0 rings (SSSR count). The van der Waals surface area contributed by atoms with Crippen molar-refractivity contribution in [3.63, 3.8) is 0 Å². The van der Waals surface area contributed by atoms with Gasteiger partial charge in [-0.05, 0) is 0 Å². The lowest BCUT2D eigenvalue weighted by atomic mass is 10.2. The second-order valence-electron chi connectivity index (χ2n) is 5.38. The van der Waals surface area contributed by atoms with Gasteiger partial charge in [-0.3, -0.25) is 9.47 Å². The molecule has 2 atom stereocenters. The van der Waals surface area contributed by atoms with Gasteiger partial charge < -0.3 is 4.74 Å². The van der Waals surface area contributed by atoms with Gasteiger partial charge in [0.2, 0.25) is 0 Å². The van der Waals surface area contributed by atoms with Gasteiger partial charge in [-0.15, -0.1) is 0 Å². The van der Waals surface area contributed by atoms with Crippen LogP contribution >= 0.6 is 0 Å². The second kappa shape index (κ2) is 8.62. The first-order valence-corrected chi connectivity index (χ1v) is 7.04. The summed E-state index contributed by atoms with van der Waals surface area (Å²) in [6.07, 6.45) is -38.3. The number of carbonyl (C=O) groups excluding carboxylic acids is 1. The molecule has 0 aliphatic carbocycles. The van der Waals surface area contributed by atoms with Crippen molar-refractivity contribution in [2.24, 2.45) is 0 Å². The van der Waals surface area contributed by atoms with Crippen LogP contribution in [-0.2, 0) is 19.0 Å². The van der Waals surface area contributed by atoms with E-state index >= 15 is 0 Å². The highest BCUT2D eigenvalue weighted by Gasteiger charge is 2.85. The Morgan fingerprint density at radius 3 is 1.36 bits per heavy atom. The van der Waals surface area contributed by atoms with Crippen molar-refractivity contribution in [1.82, 2.24) is 0 Å². The summed E-state index contributed by atoms with van der Waals surface area (Å²) in [7, 11) is 0. The van der Waals surface area contributed by atoms with Crippen LogP contribution in [0.15, 0.2) is 12.7 Å². The molecule has 0 heterocycles. The van der Waals surface area contributed by atoms with Crippen molar-refractivity contribution in [3.8, 4) is 0 Å². The summed E-state index contributed by atoms with van der Waals surface area (Å²) in [5, 5.41) is 0. The number of ether oxygens (including phenoxy) is 3. The minimum absolute atomic E-state index is 0.310. The number of halogens is 17. The van der Waals surface area contributed by atoms with Gasteiger partial charge >= 0.3 is 54.3 Å². The molecule has 0 amide bonds. The highest BCUT2D eigenvalue weighted by Crippen LogP contribution is 2.56. The number of esters is 1. The first-order chi connectivity index (χ1) is 14.1. The minimum atomic E-state index is -8.06. The van der Waals surface area contributed by atoms with Gasteiger partial charge in [-0.25, -0.2) is 4.79 Å². The maximum Gasteiger partial charge on any atom is 0.462 e. The van der Waals surface area contributed by atoms with Gasteiger partial charge in [-0.2, -0.15) is 74.6 Å². The van der Waals surface area contributed by atoms with Crippen molar-refractivity contribution in [1.29, 1.82) is 0 Å². The maximum atomic E-state index is 13.8. The Balaban J connectivity index is 6.70. The smallest absolute Gasteiger partial charge is 0.457 e. The van der Waals surface area contributed by atoms with Crippen LogP contribution in [0.5, 0.6) is 0 Å². The maximum absolute atomic E-state index is 13.8. The van der Waals surface area contributed by atoms with Crippen LogP contribution in [0.3, 0.4) is 0 Å². The molecule has 0 radical (unpaired) electrons. The Hall–Kier alpha value is -2.06. The van der Waals surface area contributed by atoms with Crippen LogP contribution in [0.1, 0.15) is 0 Å². The molecule has 0 fully saturated rings. The van der Waals surface area contributed by atoms with Crippen LogP contribution in [0.4, 0.5) is 74.6 Å². The standard InChI is InChI=1S/C12H5F17O4/c1-2-3-31-4(30)5(13,8(17,18)19)32-12(28,29)7(16,10(23,24)25)33-11(26,27)6(14,15)9(20,21)22/h2H,1,3H2/t5-,7+/m0/s1. The molecule has 0 aromatic heterocycles. The predicted octanol–water partition coefficient (Wildman–Crippen LogP) is 5.59. The normalized spacial score (nSPS) is 18.3. The topological polar surface area (TPSA) is 44.8 Å². The van der Waals surface area contributed by atoms with Crippen LogP contribution in [0, 0.1) is 0 Å². The van der Waals surface area contributed by atoms with E-state index in [1.807, 2.05) is 0 Å². The second-order valence-corrected chi connectivity index (χ2v) is 5.38. The number of carbonyl (C=O) groups is 1. The molecule has 0 saturated carbocycles. The molecule has 4 nitrogen and oxygen atoms in total. The fraction of sp³-hybridized carbons (Fsp3) is 0.750. The predicted molar refractivity (Wildman–Crippen MR) is 64.0 cm³/mol. The molecule has 0 spiro atoms. The Kier molecular flexibility index (Phi) is 8.08. The Labute approximate surface area is 168 Å². The summed E-state index contributed by atoms with van der Waals surface area (Å²) >= 11 is 0. The highest BCUT2D eigenvalue weighted by atomic mass is 19.4. The van der Waals surface area contributed by atoms with Crippen molar-refractivity contribution < 1.29 is 93.6 Å². The molecular weight excluding hydrogens is 531 g/mol. The van der Waals surface area contributed by atoms with Gasteiger partial charge in [0.25, 0.3) is 0 Å². The zero-order valence-corrected chi connectivity index (χ0v) is 14.5. The van der Waals surface area contributed by atoms with Crippen LogP contribution < -0.4 is 0 Å². The summed E-state index contributed by atoms with van der Waals surface area (Å²) in [5.74, 6) is -26.5. The largest absolute Gasteiger partial charge is 0.462 e. The lowest BCUT2D eigenvalue weighted by Gasteiger charge is -2.39. The van der Waals surface area contributed by atoms with Crippen molar-refractivity contribution in [3.05, 3.63) is 12.7 Å². The fourth-order valence-corrected chi connectivity index (χ4v) is 1.37. The van der Waals surface area contributed by atoms with E-state index < -0.39 is 61.0 Å².